The molecule has 2 nitrogen and oxygen atoms in total. The van der Waals surface area contributed by atoms with Crippen LogP contribution in [0.2, 0.25) is 11.6 Å². The Labute approximate surface area is 125 Å². The highest BCUT2D eigenvalue weighted by atomic mass is 27.2. The molecule has 3 heteroatoms. The smallest absolute Gasteiger partial charge is 0.296 e. The van der Waals surface area contributed by atoms with Crippen LogP contribution in [0.25, 0.3) is 0 Å². The Bertz CT molecular complexity index is 597. The van der Waals surface area contributed by atoms with Crippen molar-refractivity contribution in [2.75, 3.05) is 11.6 Å². The molecule has 0 aromatic heterocycles. The zero-order valence-corrected chi connectivity index (χ0v) is 13.5. The molecule has 2 aromatic carbocycles. The van der Waals surface area contributed by atoms with Gasteiger partial charge in [0, 0.05) is 16.2 Å². The minimum atomic E-state index is -0.891. The number of fused-ring (bicyclic) bond motifs is 1. The van der Waals surface area contributed by atoms with E-state index in [9.17, 15) is 0 Å². The van der Waals surface area contributed by atoms with Crippen LogP contribution in [0.3, 0.4) is 0 Å². The lowest BCUT2D eigenvalue weighted by Crippen LogP contribution is -2.42. The van der Waals surface area contributed by atoms with Gasteiger partial charge in [0.15, 0.2) is 6.73 Å². The zero-order valence-electron chi connectivity index (χ0n) is 12.3. The van der Waals surface area contributed by atoms with Gasteiger partial charge in [-0.1, -0.05) is 36.4 Å². The third-order valence-corrected chi connectivity index (χ3v) is 5.95. The Morgan fingerprint density at radius 1 is 1.05 bits per heavy atom. The maximum absolute atomic E-state index is 6.05. The highest BCUT2D eigenvalue weighted by molar-refractivity contribution is 6.58. The molecule has 0 fully saturated rings. The van der Waals surface area contributed by atoms with E-state index in [-0.39, 0.29) is 0 Å². The summed E-state index contributed by atoms with van der Waals surface area (Å²) in [6.45, 7) is 2.79. The van der Waals surface area contributed by atoms with E-state index in [4.69, 9.17) is 4.74 Å². The van der Waals surface area contributed by atoms with Gasteiger partial charge >= 0.3 is 0 Å². The summed E-state index contributed by atoms with van der Waals surface area (Å²) >= 11 is -0.891. The third kappa shape index (κ3) is 2.33. The fraction of sp³-hybridized carbons (Fsp3) is 0.294. The molecule has 0 aliphatic carbocycles. The van der Waals surface area contributed by atoms with Gasteiger partial charge in [-0.15, -0.1) is 11.6 Å². The first-order chi connectivity index (χ1) is 9.68. The normalized spacial score (nSPS) is 17.4. The molecular weight excluding hydrogens is 261 g/mol. The first kappa shape index (κ1) is 13.6. The summed E-state index contributed by atoms with van der Waals surface area (Å²) in [7, 11) is 0. The van der Waals surface area contributed by atoms with E-state index in [0.29, 0.717) is 11.6 Å². The van der Waals surface area contributed by atoms with E-state index >= 15 is 0 Å². The van der Waals surface area contributed by atoms with Gasteiger partial charge in [0.05, 0.1) is 0 Å². The van der Waals surface area contributed by atoms with Crippen LogP contribution in [-0.4, -0.2) is 20.9 Å². The van der Waals surface area contributed by atoms with Crippen LogP contribution >= 0.6 is 0 Å². The molecule has 0 radical (unpaired) electrons. The predicted octanol–water partition coefficient (Wildman–Crippen LogP) is 4.19. The van der Waals surface area contributed by atoms with E-state index in [1.54, 1.807) is 0 Å². The molecule has 1 heterocycles. The van der Waals surface area contributed by atoms with Gasteiger partial charge in [0.2, 0.25) is 0 Å². The number of benzene rings is 2. The number of rotatable bonds is 2. The van der Waals surface area contributed by atoms with E-state index in [1.165, 1.54) is 16.8 Å². The van der Waals surface area contributed by atoms with E-state index in [0.717, 1.165) is 5.75 Å². The Balaban J connectivity index is 2.07. The Hall–Kier alpha value is -1.43. The van der Waals surface area contributed by atoms with E-state index in [2.05, 4.69) is 71.9 Å². The molecule has 102 valence electrons. The number of ether oxygens (including phenoxy) is 1. The third-order valence-electron chi connectivity index (χ3n) is 3.96. The van der Waals surface area contributed by atoms with Gasteiger partial charge in [-0.2, -0.15) is 0 Å². The summed E-state index contributed by atoms with van der Waals surface area (Å²) in [5.41, 5.74) is 3.86. The van der Waals surface area contributed by atoms with Crippen LogP contribution in [-0.2, 0) is 0 Å². The quantitative estimate of drug-likeness (QED) is 0.765. The summed E-state index contributed by atoms with van der Waals surface area (Å²) in [6, 6.07) is 17.1. The van der Waals surface area contributed by atoms with E-state index in [1.807, 2.05) is 0 Å². The molecule has 1 aliphatic rings. The van der Waals surface area contributed by atoms with E-state index < -0.39 is 14.1 Å². The minimum Gasteiger partial charge on any atom is -0.473 e. The average Bonchev–Trinajstić information content (AvgIpc) is 2.47. The van der Waals surface area contributed by atoms with Gasteiger partial charge in [-0.05, 0) is 24.6 Å². The molecule has 2 aromatic rings. The average molecular weight is 281 g/mol. The summed E-state index contributed by atoms with van der Waals surface area (Å²) in [5.74, 6) is 5.93. The maximum Gasteiger partial charge on any atom is 0.296 e. The molecule has 1 unspecified atom stereocenters. The Kier molecular flexibility index (Phi) is 3.74. The highest BCUT2D eigenvalue weighted by Gasteiger charge is 2.33. The molecule has 0 spiro atoms. The Morgan fingerprint density at radius 2 is 1.80 bits per heavy atom. The SMILES string of the molecule is Cc1cccc2c1OCN(c1ccccc1)[CH]2[Al]([CH3])[CH3]. The predicted molar refractivity (Wildman–Crippen MR) is 85.8 cm³/mol. The second-order valence-corrected chi connectivity index (χ2v) is 8.88. The van der Waals surface area contributed by atoms with Gasteiger partial charge in [-0.3, -0.25) is 0 Å². The highest BCUT2D eigenvalue weighted by Crippen LogP contribution is 2.39. The van der Waals surface area contributed by atoms with Crippen molar-refractivity contribution in [2.45, 2.75) is 23.4 Å². The van der Waals surface area contributed by atoms with Crippen molar-refractivity contribution in [3.8, 4) is 5.75 Å². The summed E-state index contributed by atoms with van der Waals surface area (Å²) in [5, 5.41) is 0. The second kappa shape index (κ2) is 5.52. The molecule has 0 N–H and O–H groups in total. The Morgan fingerprint density at radius 3 is 2.50 bits per heavy atom. The lowest BCUT2D eigenvalue weighted by atomic mass is 10.1. The first-order valence-corrected chi connectivity index (χ1v) is 10.2. The zero-order chi connectivity index (χ0) is 14.1. The second-order valence-electron chi connectivity index (χ2n) is 5.76. The van der Waals surface area contributed by atoms with Crippen molar-refractivity contribution in [3.05, 3.63) is 59.7 Å². The van der Waals surface area contributed by atoms with Crippen molar-refractivity contribution in [2.24, 2.45) is 0 Å². The minimum absolute atomic E-state index is 0.501. The fourth-order valence-electron chi connectivity index (χ4n) is 3.06. The molecule has 20 heavy (non-hydrogen) atoms. The molecule has 1 atom stereocenters. The fourth-order valence-corrected chi connectivity index (χ4v) is 5.02. The molecule has 0 amide bonds. The molecule has 1 aliphatic heterocycles. The maximum atomic E-state index is 6.05. The lowest BCUT2D eigenvalue weighted by molar-refractivity contribution is 0.283. The van der Waals surface area contributed by atoms with Crippen LogP contribution in [0.15, 0.2) is 48.5 Å². The van der Waals surface area contributed by atoms with Crippen molar-refractivity contribution in [1.82, 2.24) is 0 Å². The van der Waals surface area contributed by atoms with Crippen LogP contribution in [0.4, 0.5) is 5.69 Å². The number of nitrogens with zero attached hydrogens (tertiary/aromatic N) is 1. The van der Waals surface area contributed by atoms with Crippen molar-refractivity contribution < 1.29 is 4.74 Å². The summed E-state index contributed by atoms with van der Waals surface area (Å²) < 4.78 is 6.05. The molecule has 0 saturated carbocycles. The lowest BCUT2D eigenvalue weighted by Gasteiger charge is -2.40. The van der Waals surface area contributed by atoms with Crippen molar-refractivity contribution >= 4 is 19.8 Å². The van der Waals surface area contributed by atoms with Gasteiger partial charge in [0.1, 0.15) is 5.75 Å². The van der Waals surface area contributed by atoms with Gasteiger partial charge in [0.25, 0.3) is 14.1 Å². The largest absolute Gasteiger partial charge is 0.473 e. The van der Waals surface area contributed by atoms with Crippen LogP contribution in [0, 0.1) is 6.92 Å². The topological polar surface area (TPSA) is 12.5 Å². The molecule has 0 saturated heterocycles. The number of hydrogen-bond acceptors (Lipinski definition) is 2. The summed E-state index contributed by atoms with van der Waals surface area (Å²) in [4.78, 5) is 2.92. The number of para-hydroxylation sites is 2. The molecular formula is C17H20AlNO. The van der Waals surface area contributed by atoms with Crippen LogP contribution in [0.5, 0.6) is 5.75 Å². The molecule has 0 bridgehead atoms. The molecule has 3 rings (SSSR count). The monoisotopic (exact) mass is 281 g/mol. The standard InChI is InChI=1S/C15H14NO.2CH3.Al/c1-12-6-5-7-13-10-16(11-17-15(12)13)14-8-3-2-4-9-14;;;/h2-10H,11H2,1H3;2*1H3;. The number of hydrogen-bond donors (Lipinski definition) is 0. The van der Waals surface area contributed by atoms with Crippen molar-refractivity contribution in [3.63, 3.8) is 0 Å². The van der Waals surface area contributed by atoms with Crippen molar-refractivity contribution in [1.29, 1.82) is 0 Å². The van der Waals surface area contributed by atoms with Crippen LogP contribution < -0.4 is 9.64 Å². The van der Waals surface area contributed by atoms with Crippen LogP contribution in [0.1, 0.15) is 16.0 Å². The first-order valence-electron chi connectivity index (χ1n) is 7.22. The van der Waals surface area contributed by atoms with Gasteiger partial charge in [-0.25, -0.2) is 0 Å². The van der Waals surface area contributed by atoms with Gasteiger partial charge < -0.3 is 9.64 Å². The summed E-state index contributed by atoms with van der Waals surface area (Å²) in [6.07, 6.45) is 0. The number of aryl methyl sites for hydroxylation is 1. The number of anilines is 1.